The van der Waals surface area contributed by atoms with Crippen molar-refractivity contribution in [1.82, 2.24) is 4.90 Å². The molecule has 0 aromatic heterocycles. The van der Waals surface area contributed by atoms with Gasteiger partial charge in [0.2, 0.25) is 11.7 Å². The van der Waals surface area contributed by atoms with Gasteiger partial charge in [-0.1, -0.05) is 38.3 Å². The molecule has 8 heteroatoms. The van der Waals surface area contributed by atoms with Crippen LogP contribution in [-0.2, 0) is 19.1 Å². The highest BCUT2D eigenvalue weighted by molar-refractivity contribution is 5.89. The SMILES string of the molecule is C=CCOC[C@H](C)Oc1cc([C@@H](C(=O)N2CCCC[C@H]2C(=O)O[C@H](C)[C@H](C)C=C)C2CCCCC2)cc(OC)c1OC. The Kier molecular flexibility index (Phi) is 13.2. The first kappa shape index (κ1) is 33.5. The van der Waals surface area contributed by atoms with Gasteiger partial charge >= 0.3 is 5.97 Å². The molecule has 1 saturated carbocycles. The van der Waals surface area contributed by atoms with Crippen LogP contribution in [0.15, 0.2) is 37.4 Å². The number of benzene rings is 1. The second-order valence-electron chi connectivity index (χ2n) is 11.7. The van der Waals surface area contributed by atoms with E-state index in [1.165, 1.54) is 0 Å². The van der Waals surface area contributed by atoms with Crippen molar-refractivity contribution in [2.24, 2.45) is 11.8 Å². The minimum atomic E-state index is -0.602. The van der Waals surface area contributed by atoms with E-state index in [-0.39, 0.29) is 35.9 Å². The number of rotatable bonds is 15. The van der Waals surface area contributed by atoms with Crippen molar-refractivity contribution < 1.29 is 33.3 Å². The Bertz CT molecular complexity index is 1050. The van der Waals surface area contributed by atoms with Crippen LogP contribution >= 0.6 is 0 Å². The summed E-state index contributed by atoms with van der Waals surface area (Å²) in [4.78, 5) is 29.8. The molecule has 1 saturated heterocycles. The molecular weight excluding hydrogens is 534 g/mol. The van der Waals surface area contributed by atoms with Gasteiger partial charge in [0.15, 0.2) is 11.5 Å². The number of piperidine rings is 1. The first-order valence-electron chi connectivity index (χ1n) is 15.5. The summed E-state index contributed by atoms with van der Waals surface area (Å²) in [6.07, 6.45) is 10.4. The van der Waals surface area contributed by atoms with Crippen molar-refractivity contribution in [3.05, 3.63) is 43.0 Å². The summed E-state index contributed by atoms with van der Waals surface area (Å²) in [5.41, 5.74) is 0.810. The van der Waals surface area contributed by atoms with E-state index in [4.69, 9.17) is 23.7 Å². The number of esters is 1. The highest BCUT2D eigenvalue weighted by Crippen LogP contribution is 2.45. The molecule has 1 aromatic carbocycles. The molecule has 2 aliphatic rings. The molecule has 0 radical (unpaired) electrons. The summed E-state index contributed by atoms with van der Waals surface area (Å²) >= 11 is 0. The van der Waals surface area contributed by atoms with Crippen molar-refractivity contribution in [3.63, 3.8) is 0 Å². The van der Waals surface area contributed by atoms with Crippen LogP contribution in [0.2, 0.25) is 0 Å². The fourth-order valence-electron chi connectivity index (χ4n) is 6.05. The Morgan fingerprint density at radius 1 is 0.976 bits per heavy atom. The molecule has 0 spiro atoms. The Labute approximate surface area is 252 Å². The molecule has 1 amide bonds. The van der Waals surface area contributed by atoms with Crippen molar-refractivity contribution in [2.45, 2.75) is 96.3 Å². The predicted octanol–water partition coefficient (Wildman–Crippen LogP) is 6.47. The summed E-state index contributed by atoms with van der Waals surface area (Å²) in [5.74, 6) is 0.811. The van der Waals surface area contributed by atoms with Crippen LogP contribution in [0.5, 0.6) is 17.2 Å². The van der Waals surface area contributed by atoms with Gasteiger partial charge in [0.1, 0.15) is 18.2 Å². The number of nitrogens with zero attached hydrogens (tertiary/aromatic N) is 1. The lowest BCUT2D eigenvalue weighted by molar-refractivity contribution is -0.163. The summed E-state index contributed by atoms with van der Waals surface area (Å²) in [6, 6.07) is 3.20. The van der Waals surface area contributed by atoms with Crippen molar-refractivity contribution in [2.75, 3.05) is 34.0 Å². The first-order valence-corrected chi connectivity index (χ1v) is 15.5. The highest BCUT2D eigenvalue weighted by Gasteiger charge is 2.41. The van der Waals surface area contributed by atoms with E-state index < -0.39 is 12.0 Å². The van der Waals surface area contributed by atoms with Gasteiger partial charge in [0, 0.05) is 12.5 Å². The van der Waals surface area contributed by atoms with E-state index in [0.29, 0.717) is 43.4 Å². The molecular formula is C34H51NO7. The minimum absolute atomic E-state index is 0.0198. The second-order valence-corrected chi connectivity index (χ2v) is 11.7. The van der Waals surface area contributed by atoms with Crippen LogP contribution in [0.4, 0.5) is 0 Å². The van der Waals surface area contributed by atoms with E-state index in [1.807, 2.05) is 32.9 Å². The van der Waals surface area contributed by atoms with Crippen LogP contribution in [0.3, 0.4) is 0 Å². The summed E-state index contributed by atoms with van der Waals surface area (Å²) in [6.45, 7) is 14.6. The zero-order valence-corrected chi connectivity index (χ0v) is 26.3. The Morgan fingerprint density at radius 3 is 2.31 bits per heavy atom. The van der Waals surface area contributed by atoms with Gasteiger partial charge in [-0.2, -0.15) is 0 Å². The average Bonchev–Trinajstić information content (AvgIpc) is 3.01. The number of ether oxygens (including phenoxy) is 5. The van der Waals surface area contributed by atoms with Gasteiger partial charge in [-0.15, -0.1) is 13.2 Å². The van der Waals surface area contributed by atoms with Crippen LogP contribution in [0.25, 0.3) is 0 Å². The lowest BCUT2D eigenvalue weighted by atomic mass is 9.75. The Balaban J connectivity index is 1.99. The third-order valence-corrected chi connectivity index (χ3v) is 8.60. The van der Waals surface area contributed by atoms with E-state index in [2.05, 4.69) is 13.2 Å². The topological polar surface area (TPSA) is 83.5 Å². The molecule has 2 fully saturated rings. The van der Waals surface area contributed by atoms with Crippen LogP contribution in [0, 0.1) is 11.8 Å². The molecule has 234 valence electrons. The summed E-state index contributed by atoms with van der Waals surface area (Å²) in [7, 11) is 3.16. The standard InChI is InChI=1S/C34H51NO7/c1-8-19-40-22-24(4)41-30-21-27(20-29(38-6)32(30)39-7)31(26-15-11-10-12-16-26)33(36)35-18-14-13-17-28(35)34(37)42-25(5)23(3)9-2/h8-9,20-21,23-26,28,31H,1-2,10-19,22H2,3-7H3/t23-,24+,25-,28+,31+/m1/s1. The maximum atomic E-state index is 14.6. The number of hydrogen-bond acceptors (Lipinski definition) is 7. The minimum Gasteiger partial charge on any atom is -0.493 e. The quantitative estimate of drug-likeness (QED) is 0.132. The molecule has 3 rings (SSSR count). The van der Waals surface area contributed by atoms with Gasteiger partial charge in [-0.3, -0.25) is 4.79 Å². The van der Waals surface area contributed by atoms with Crippen molar-refractivity contribution in [1.29, 1.82) is 0 Å². The molecule has 0 N–H and O–H groups in total. The number of hydrogen-bond donors (Lipinski definition) is 0. The van der Waals surface area contributed by atoms with E-state index in [9.17, 15) is 9.59 Å². The number of amides is 1. The van der Waals surface area contributed by atoms with Crippen LogP contribution < -0.4 is 14.2 Å². The smallest absolute Gasteiger partial charge is 0.329 e. The first-order chi connectivity index (χ1) is 20.2. The Hall–Kier alpha value is -3.00. The molecule has 0 bridgehead atoms. The molecule has 8 nitrogen and oxygen atoms in total. The maximum Gasteiger partial charge on any atom is 0.329 e. The fraction of sp³-hybridized carbons (Fsp3) is 0.647. The van der Waals surface area contributed by atoms with Crippen molar-refractivity contribution in [3.8, 4) is 17.2 Å². The fourth-order valence-corrected chi connectivity index (χ4v) is 6.05. The number of methoxy groups -OCH3 is 2. The van der Waals surface area contributed by atoms with Gasteiger partial charge in [0.05, 0.1) is 33.4 Å². The van der Waals surface area contributed by atoms with Crippen LogP contribution in [0.1, 0.15) is 83.6 Å². The van der Waals surface area contributed by atoms with Gasteiger partial charge in [-0.25, -0.2) is 4.79 Å². The van der Waals surface area contributed by atoms with E-state index in [1.54, 1.807) is 31.3 Å². The summed E-state index contributed by atoms with van der Waals surface area (Å²) < 4.78 is 29.2. The monoisotopic (exact) mass is 585 g/mol. The third-order valence-electron chi connectivity index (χ3n) is 8.60. The molecule has 1 aliphatic heterocycles. The van der Waals surface area contributed by atoms with E-state index >= 15 is 0 Å². The molecule has 42 heavy (non-hydrogen) atoms. The molecule has 0 unspecified atom stereocenters. The molecule has 1 aliphatic carbocycles. The zero-order chi connectivity index (χ0) is 30.6. The zero-order valence-electron chi connectivity index (χ0n) is 26.3. The second kappa shape index (κ2) is 16.6. The van der Waals surface area contributed by atoms with Gasteiger partial charge in [0.25, 0.3) is 0 Å². The lowest BCUT2D eigenvalue weighted by Gasteiger charge is -2.40. The maximum absolute atomic E-state index is 14.6. The average molecular weight is 586 g/mol. The predicted molar refractivity (Wildman–Crippen MR) is 164 cm³/mol. The van der Waals surface area contributed by atoms with Crippen LogP contribution in [-0.4, -0.2) is 69.0 Å². The molecule has 1 heterocycles. The number of likely N-dealkylation sites (tertiary alicyclic amines) is 1. The van der Waals surface area contributed by atoms with Gasteiger partial charge < -0.3 is 28.6 Å². The highest BCUT2D eigenvalue weighted by atomic mass is 16.6. The summed E-state index contributed by atoms with van der Waals surface area (Å²) in [5, 5.41) is 0. The normalized spacial score (nSPS) is 20.5. The van der Waals surface area contributed by atoms with Gasteiger partial charge in [-0.05, 0) is 69.6 Å². The van der Waals surface area contributed by atoms with E-state index in [0.717, 1.165) is 50.5 Å². The van der Waals surface area contributed by atoms with Crippen molar-refractivity contribution >= 4 is 11.9 Å². The molecule has 5 atom stereocenters. The third kappa shape index (κ3) is 8.52. The molecule has 1 aromatic rings. The lowest BCUT2D eigenvalue weighted by Crippen LogP contribution is -2.51. The Morgan fingerprint density at radius 2 is 1.67 bits per heavy atom. The number of carbonyl (C=O) groups excluding carboxylic acids is 2. The largest absolute Gasteiger partial charge is 0.493 e. The number of carbonyl (C=O) groups is 2.